The van der Waals surface area contributed by atoms with Crippen molar-refractivity contribution in [2.24, 2.45) is 0 Å². The number of hydrogen-bond donors (Lipinski definition) is 1. The van der Waals surface area contributed by atoms with Gasteiger partial charge in [0.25, 0.3) is 0 Å². The van der Waals surface area contributed by atoms with Gasteiger partial charge in [-0.3, -0.25) is 5.41 Å². The van der Waals surface area contributed by atoms with Crippen LogP contribution in [0.2, 0.25) is 5.02 Å². The monoisotopic (exact) mass is 209 g/mol. The van der Waals surface area contributed by atoms with Gasteiger partial charge < -0.3 is 0 Å². The highest BCUT2D eigenvalue weighted by Crippen LogP contribution is 2.18. The second-order valence-electron chi connectivity index (χ2n) is 2.72. The van der Waals surface area contributed by atoms with Crippen molar-refractivity contribution in [3.63, 3.8) is 0 Å². The molecule has 0 aliphatic carbocycles. The van der Waals surface area contributed by atoms with E-state index in [1.54, 1.807) is 18.2 Å². The molecule has 1 aromatic rings. The van der Waals surface area contributed by atoms with E-state index < -0.39 is 5.97 Å². The van der Waals surface area contributed by atoms with Crippen LogP contribution in [-0.4, -0.2) is 5.97 Å². The van der Waals surface area contributed by atoms with E-state index in [-0.39, 0.29) is 0 Å². The Morgan fingerprint density at radius 1 is 1.43 bits per heavy atom. The molecule has 0 saturated heterocycles. The Bertz CT molecular complexity index is 396. The van der Waals surface area contributed by atoms with E-state index in [4.69, 9.17) is 17.0 Å². The van der Waals surface area contributed by atoms with E-state index in [9.17, 15) is 4.39 Å². The zero-order valence-electron chi connectivity index (χ0n) is 7.43. The molecule has 0 aliphatic heterocycles. The lowest BCUT2D eigenvalue weighted by Gasteiger charge is -1.99. The smallest absolute Gasteiger partial charge is 0.205 e. The van der Waals surface area contributed by atoms with E-state index in [1.807, 2.05) is 6.07 Å². The number of nitrogens with one attached hydrogen (secondary N) is 1. The summed E-state index contributed by atoms with van der Waals surface area (Å²) < 4.78 is 12.1. The zero-order valence-corrected chi connectivity index (χ0v) is 8.18. The average molecular weight is 210 g/mol. The fourth-order valence-electron chi connectivity index (χ4n) is 0.958. The van der Waals surface area contributed by atoms with Crippen LogP contribution in [0.25, 0.3) is 5.57 Å². The minimum absolute atomic E-state index is 0.604. The molecule has 1 aromatic carbocycles. The zero-order chi connectivity index (χ0) is 10.6. The van der Waals surface area contributed by atoms with E-state index >= 15 is 0 Å². The summed E-state index contributed by atoms with van der Waals surface area (Å²) >= 11 is 5.77. The van der Waals surface area contributed by atoms with Gasteiger partial charge in [0.15, 0.2) is 0 Å². The standard InChI is InChI=1S/C11H9ClFN/c1-8(5-6-11(13)14)9-3-2-4-10(12)7-9/h2-7,14H,1H2/b6-5-,14-11?. The fourth-order valence-corrected chi connectivity index (χ4v) is 1.15. The van der Waals surface area contributed by atoms with Gasteiger partial charge in [0, 0.05) is 5.02 Å². The molecular weight excluding hydrogens is 201 g/mol. The Hall–Kier alpha value is -1.41. The quantitative estimate of drug-likeness (QED) is 0.578. The summed E-state index contributed by atoms with van der Waals surface area (Å²) in [6.45, 7) is 3.73. The lowest BCUT2D eigenvalue weighted by atomic mass is 10.1. The second-order valence-corrected chi connectivity index (χ2v) is 3.15. The topological polar surface area (TPSA) is 23.9 Å². The van der Waals surface area contributed by atoms with Gasteiger partial charge in [0.2, 0.25) is 5.97 Å². The van der Waals surface area contributed by atoms with Crippen LogP contribution in [0.15, 0.2) is 43.0 Å². The van der Waals surface area contributed by atoms with Crippen LogP contribution in [0.5, 0.6) is 0 Å². The Balaban J connectivity index is 2.85. The lowest BCUT2D eigenvalue weighted by molar-refractivity contribution is 0.804. The molecule has 0 heterocycles. The molecule has 72 valence electrons. The van der Waals surface area contributed by atoms with Crippen molar-refractivity contribution in [1.82, 2.24) is 0 Å². The largest absolute Gasteiger partial charge is 0.274 e. The highest BCUT2D eigenvalue weighted by molar-refractivity contribution is 6.30. The summed E-state index contributed by atoms with van der Waals surface area (Å²) in [5.41, 5.74) is 1.44. The molecule has 1 N–H and O–H groups in total. The first kappa shape index (κ1) is 10.7. The number of allylic oxidation sites excluding steroid dienone is 3. The first-order chi connectivity index (χ1) is 6.59. The Labute approximate surface area is 87.0 Å². The van der Waals surface area contributed by atoms with Crippen molar-refractivity contribution >= 4 is 23.1 Å². The lowest BCUT2D eigenvalue weighted by Crippen LogP contribution is -1.81. The molecule has 0 atom stereocenters. The molecule has 0 bridgehead atoms. The highest BCUT2D eigenvalue weighted by Gasteiger charge is 1.96. The molecule has 0 aliphatic rings. The van der Waals surface area contributed by atoms with Crippen molar-refractivity contribution in [2.45, 2.75) is 0 Å². The van der Waals surface area contributed by atoms with Crippen LogP contribution < -0.4 is 0 Å². The molecule has 0 unspecified atom stereocenters. The van der Waals surface area contributed by atoms with Crippen LogP contribution in [0.4, 0.5) is 4.39 Å². The van der Waals surface area contributed by atoms with Crippen LogP contribution in [-0.2, 0) is 0 Å². The van der Waals surface area contributed by atoms with Crippen LogP contribution in [0.3, 0.4) is 0 Å². The molecule has 0 amide bonds. The van der Waals surface area contributed by atoms with Gasteiger partial charge in [-0.1, -0.05) is 36.4 Å². The third kappa shape index (κ3) is 3.15. The fraction of sp³-hybridized carbons (Fsp3) is 0. The summed E-state index contributed by atoms with van der Waals surface area (Å²) in [4.78, 5) is 0. The van der Waals surface area contributed by atoms with Gasteiger partial charge in [-0.05, 0) is 29.3 Å². The summed E-state index contributed by atoms with van der Waals surface area (Å²) in [6, 6.07) is 7.09. The normalized spacial score (nSPS) is 10.4. The van der Waals surface area contributed by atoms with Crippen molar-refractivity contribution in [2.75, 3.05) is 0 Å². The molecular formula is C11H9ClFN. The Morgan fingerprint density at radius 3 is 2.71 bits per heavy atom. The molecule has 1 rings (SSSR count). The first-order valence-corrected chi connectivity index (χ1v) is 4.34. The van der Waals surface area contributed by atoms with Crippen molar-refractivity contribution in [1.29, 1.82) is 5.41 Å². The molecule has 3 heteroatoms. The van der Waals surface area contributed by atoms with Crippen molar-refractivity contribution in [3.05, 3.63) is 53.6 Å². The third-order valence-corrected chi connectivity index (χ3v) is 1.86. The number of rotatable bonds is 3. The molecule has 0 fully saturated rings. The minimum Gasteiger partial charge on any atom is -0.274 e. The van der Waals surface area contributed by atoms with Gasteiger partial charge in [-0.15, -0.1) is 0 Å². The SMILES string of the molecule is C=C(/C=C\C(=N)F)c1cccc(Cl)c1. The number of hydrogen-bond acceptors (Lipinski definition) is 1. The molecule has 0 radical (unpaired) electrons. The third-order valence-electron chi connectivity index (χ3n) is 1.63. The molecule has 14 heavy (non-hydrogen) atoms. The van der Waals surface area contributed by atoms with Crippen molar-refractivity contribution < 1.29 is 4.39 Å². The van der Waals surface area contributed by atoms with Crippen LogP contribution >= 0.6 is 11.6 Å². The number of benzene rings is 1. The first-order valence-electron chi connectivity index (χ1n) is 3.96. The summed E-state index contributed by atoms with van der Waals surface area (Å²) in [7, 11) is 0. The Morgan fingerprint density at radius 2 is 2.14 bits per heavy atom. The van der Waals surface area contributed by atoms with E-state index in [0.717, 1.165) is 11.6 Å². The van der Waals surface area contributed by atoms with Gasteiger partial charge in [0.1, 0.15) is 0 Å². The summed E-state index contributed by atoms with van der Waals surface area (Å²) in [5.74, 6) is -0.992. The van der Waals surface area contributed by atoms with Gasteiger partial charge in [-0.25, -0.2) is 0 Å². The van der Waals surface area contributed by atoms with E-state index in [1.165, 1.54) is 6.08 Å². The van der Waals surface area contributed by atoms with Gasteiger partial charge >= 0.3 is 0 Å². The van der Waals surface area contributed by atoms with Crippen LogP contribution in [0.1, 0.15) is 5.56 Å². The minimum atomic E-state index is -0.992. The summed E-state index contributed by atoms with van der Waals surface area (Å²) in [5, 5.41) is 7.18. The predicted molar refractivity (Wildman–Crippen MR) is 58.5 cm³/mol. The molecule has 0 saturated carbocycles. The Kier molecular flexibility index (Phi) is 3.60. The van der Waals surface area contributed by atoms with Crippen molar-refractivity contribution in [3.8, 4) is 0 Å². The highest BCUT2D eigenvalue weighted by atomic mass is 35.5. The maximum absolute atomic E-state index is 12.1. The molecule has 0 aromatic heterocycles. The number of halogens is 2. The summed E-state index contributed by atoms with van der Waals surface area (Å²) in [6.07, 6.45) is 2.48. The molecule has 0 spiro atoms. The van der Waals surface area contributed by atoms with E-state index in [0.29, 0.717) is 10.6 Å². The van der Waals surface area contributed by atoms with Gasteiger partial charge in [-0.2, -0.15) is 4.39 Å². The maximum Gasteiger partial charge on any atom is 0.205 e. The molecule has 1 nitrogen and oxygen atoms in total. The average Bonchev–Trinajstić information content (AvgIpc) is 2.14. The van der Waals surface area contributed by atoms with Crippen LogP contribution in [0, 0.1) is 5.41 Å². The maximum atomic E-state index is 12.1. The second kappa shape index (κ2) is 4.72. The van der Waals surface area contributed by atoms with Gasteiger partial charge in [0.05, 0.1) is 0 Å². The van der Waals surface area contributed by atoms with E-state index in [2.05, 4.69) is 6.58 Å². The predicted octanol–water partition coefficient (Wildman–Crippen LogP) is 3.86.